The highest BCUT2D eigenvalue weighted by atomic mass is 19.4. The molecular weight excluding hydrogens is 542 g/mol. The summed E-state index contributed by atoms with van der Waals surface area (Å²) in [5, 5.41) is 5.21. The molecule has 2 fully saturated rings. The van der Waals surface area contributed by atoms with Gasteiger partial charge in [0.2, 0.25) is 5.91 Å². The van der Waals surface area contributed by atoms with E-state index < -0.39 is 53.0 Å². The Hall–Kier alpha value is -3.80. The van der Waals surface area contributed by atoms with Crippen LogP contribution in [0.15, 0.2) is 53.6 Å². The number of benzene rings is 2. The van der Waals surface area contributed by atoms with E-state index in [2.05, 4.69) is 10.6 Å². The number of carbonyl (C=O) groups excluding carboxylic acids is 2. The zero-order valence-electron chi connectivity index (χ0n) is 21.1. The lowest BCUT2D eigenvalue weighted by molar-refractivity contribution is -0.140. The maximum Gasteiger partial charge on any atom is 0.419 e. The van der Waals surface area contributed by atoms with E-state index in [9.17, 15) is 35.9 Å². The van der Waals surface area contributed by atoms with Crippen LogP contribution in [0.2, 0.25) is 0 Å². The second-order valence-electron chi connectivity index (χ2n) is 9.90. The standard InChI is InChI=1S/C28H24F6N2O4/c1-39-23-11-22(31)21(30)10-18(23)26(37)36-25-16-4-3-15(17(16)8-13-6-7-40-12-13)24(25)27(38)35-14-2-5-20(29)19(9-14)28(32,33)34/h2,5-6,8-11,15-16,24-25H,3-4,7,12H2,1H3,(H,35,38)(H,36,37)/b17-8-/t15?,16?,24-,25+/m0/s1. The van der Waals surface area contributed by atoms with E-state index in [1.807, 2.05) is 12.2 Å². The Morgan fingerprint density at radius 3 is 2.42 bits per heavy atom. The second kappa shape index (κ2) is 10.6. The fourth-order valence-corrected chi connectivity index (χ4v) is 5.86. The summed E-state index contributed by atoms with van der Waals surface area (Å²) in [6.07, 6.45) is 0.0322. The molecule has 4 atom stereocenters. The van der Waals surface area contributed by atoms with Crippen LogP contribution in [-0.2, 0) is 15.7 Å². The molecule has 0 spiro atoms. The van der Waals surface area contributed by atoms with Gasteiger partial charge < -0.3 is 20.1 Å². The number of carbonyl (C=O) groups is 2. The summed E-state index contributed by atoms with van der Waals surface area (Å²) in [5.41, 5.74) is -0.286. The Bertz CT molecular complexity index is 1420. The lowest BCUT2D eigenvalue weighted by Crippen LogP contribution is -2.48. The van der Waals surface area contributed by atoms with E-state index in [0.717, 1.165) is 23.3 Å². The van der Waals surface area contributed by atoms with Crippen LogP contribution >= 0.6 is 0 Å². The third kappa shape index (κ3) is 5.19. The zero-order chi connectivity index (χ0) is 28.8. The van der Waals surface area contributed by atoms with Crippen molar-refractivity contribution < 1.29 is 45.4 Å². The number of hydrogen-bond acceptors (Lipinski definition) is 4. The maximum atomic E-state index is 14.0. The Morgan fingerprint density at radius 1 is 1.02 bits per heavy atom. The molecule has 12 heteroatoms. The summed E-state index contributed by atoms with van der Waals surface area (Å²) in [5.74, 6) is -7.21. The minimum absolute atomic E-state index is 0.212. The van der Waals surface area contributed by atoms with Crippen molar-refractivity contribution in [1.82, 2.24) is 5.32 Å². The Labute approximate surface area is 225 Å². The number of rotatable bonds is 6. The van der Waals surface area contributed by atoms with E-state index >= 15 is 0 Å². The third-order valence-corrected chi connectivity index (χ3v) is 7.61. The highest BCUT2D eigenvalue weighted by Crippen LogP contribution is 2.53. The van der Waals surface area contributed by atoms with E-state index in [4.69, 9.17) is 9.47 Å². The molecule has 2 aromatic rings. The molecule has 2 amide bonds. The van der Waals surface area contributed by atoms with E-state index in [-0.39, 0.29) is 28.8 Å². The fourth-order valence-electron chi connectivity index (χ4n) is 5.86. The van der Waals surface area contributed by atoms with Crippen molar-refractivity contribution in [2.75, 3.05) is 25.6 Å². The third-order valence-electron chi connectivity index (χ3n) is 7.61. The first kappa shape index (κ1) is 27.8. The summed E-state index contributed by atoms with van der Waals surface area (Å²) in [6, 6.07) is 2.76. The van der Waals surface area contributed by atoms with E-state index in [0.29, 0.717) is 44.3 Å². The molecule has 0 saturated heterocycles. The largest absolute Gasteiger partial charge is 0.496 e. The number of amides is 2. The van der Waals surface area contributed by atoms with Gasteiger partial charge in [-0.2, -0.15) is 13.2 Å². The van der Waals surface area contributed by atoms with Crippen molar-refractivity contribution >= 4 is 17.5 Å². The SMILES string of the molecule is COc1cc(F)c(F)cc1C(=O)N[C@@H]1C2CCC(/C2=C/C2=CCOC2)[C@@H]1C(=O)Nc1ccc(F)c(C(F)(F)F)c1. The van der Waals surface area contributed by atoms with Crippen LogP contribution in [0.5, 0.6) is 5.75 Å². The summed E-state index contributed by atoms with van der Waals surface area (Å²) in [4.78, 5) is 26.8. The number of nitrogens with one attached hydrogen (secondary N) is 2. The average Bonchev–Trinajstić information content (AvgIpc) is 3.62. The molecule has 1 aliphatic heterocycles. The number of hydrogen-bond donors (Lipinski definition) is 2. The summed E-state index contributed by atoms with van der Waals surface area (Å²) in [7, 11) is 1.19. The molecule has 0 aromatic heterocycles. The lowest BCUT2D eigenvalue weighted by atomic mass is 9.83. The molecular formula is C28H24F6N2O4. The molecule has 2 aliphatic carbocycles. The number of methoxy groups -OCH3 is 1. The van der Waals surface area contributed by atoms with Crippen molar-refractivity contribution in [3.05, 3.63) is 82.2 Å². The number of alkyl halides is 3. The zero-order valence-corrected chi connectivity index (χ0v) is 21.1. The first-order chi connectivity index (χ1) is 19.0. The molecule has 1 heterocycles. The second-order valence-corrected chi connectivity index (χ2v) is 9.90. The minimum Gasteiger partial charge on any atom is -0.496 e. The number of anilines is 1. The normalized spacial score (nSPS) is 24.8. The molecule has 40 heavy (non-hydrogen) atoms. The van der Waals surface area contributed by atoms with E-state index in [1.54, 1.807) is 0 Å². The maximum absolute atomic E-state index is 14.0. The van der Waals surface area contributed by atoms with Gasteiger partial charge in [0.25, 0.3) is 5.91 Å². The van der Waals surface area contributed by atoms with Gasteiger partial charge in [0.1, 0.15) is 11.6 Å². The van der Waals surface area contributed by atoms with Crippen LogP contribution < -0.4 is 15.4 Å². The molecule has 2 unspecified atom stereocenters. The van der Waals surface area contributed by atoms with E-state index in [1.165, 1.54) is 7.11 Å². The topological polar surface area (TPSA) is 76.7 Å². The van der Waals surface area contributed by atoms with Crippen LogP contribution in [0.4, 0.5) is 32.0 Å². The highest BCUT2D eigenvalue weighted by molar-refractivity contribution is 5.99. The molecule has 2 aromatic carbocycles. The molecule has 3 aliphatic rings. The number of halogens is 6. The van der Waals surface area contributed by atoms with Crippen molar-refractivity contribution in [3.8, 4) is 5.75 Å². The Morgan fingerprint density at radius 2 is 1.75 bits per heavy atom. The fraction of sp³-hybridized carbons (Fsp3) is 0.357. The van der Waals surface area contributed by atoms with Gasteiger partial charge in [0.15, 0.2) is 11.6 Å². The van der Waals surface area contributed by atoms with Crippen LogP contribution in [0.1, 0.15) is 28.8 Å². The molecule has 2 N–H and O–H groups in total. The van der Waals surface area contributed by atoms with Crippen molar-refractivity contribution in [1.29, 1.82) is 0 Å². The van der Waals surface area contributed by atoms with Gasteiger partial charge in [-0.05, 0) is 48.6 Å². The van der Waals surface area contributed by atoms with Gasteiger partial charge in [-0.15, -0.1) is 0 Å². The van der Waals surface area contributed by atoms with Crippen molar-refractivity contribution in [2.24, 2.45) is 17.8 Å². The summed E-state index contributed by atoms with van der Waals surface area (Å²) < 4.78 is 91.6. The van der Waals surface area contributed by atoms with Gasteiger partial charge in [0, 0.05) is 23.7 Å². The predicted octanol–water partition coefficient (Wildman–Crippen LogP) is 5.41. The lowest BCUT2D eigenvalue weighted by Gasteiger charge is -2.30. The first-order valence-electron chi connectivity index (χ1n) is 12.5. The number of ether oxygens (including phenoxy) is 2. The van der Waals surface area contributed by atoms with Crippen LogP contribution in [0, 0.1) is 35.2 Å². The Balaban J connectivity index is 1.47. The average molecular weight is 566 g/mol. The van der Waals surface area contributed by atoms with Crippen LogP contribution in [0.3, 0.4) is 0 Å². The van der Waals surface area contributed by atoms with Crippen molar-refractivity contribution in [3.63, 3.8) is 0 Å². The van der Waals surface area contributed by atoms with Gasteiger partial charge in [0.05, 0.1) is 37.4 Å². The molecule has 212 valence electrons. The molecule has 6 nitrogen and oxygen atoms in total. The highest BCUT2D eigenvalue weighted by Gasteiger charge is 2.54. The molecule has 2 bridgehead atoms. The predicted molar refractivity (Wildman–Crippen MR) is 131 cm³/mol. The van der Waals surface area contributed by atoms with Gasteiger partial charge in [-0.3, -0.25) is 9.59 Å². The number of fused-ring (bicyclic) bond motifs is 2. The Kier molecular flexibility index (Phi) is 7.38. The smallest absolute Gasteiger partial charge is 0.419 e. The van der Waals surface area contributed by atoms with Gasteiger partial charge in [-0.1, -0.05) is 17.7 Å². The van der Waals surface area contributed by atoms with Crippen LogP contribution in [0.25, 0.3) is 0 Å². The van der Waals surface area contributed by atoms with Crippen molar-refractivity contribution in [2.45, 2.75) is 25.1 Å². The molecule has 5 rings (SSSR count). The van der Waals surface area contributed by atoms with Gasteiger partial charge >= 0.3 is 6.18 Å². The summed E-state index contributed by atoms with van der Waals surface area (Å²) in [6.45, 7) is 0.805. The molecule has 2 saturated carbocycles. The first-order valence-corrected chi connectivity index (χ1v) is 12.5. The monoisotopic (exact) mass is 566 g/mol. The quantitative estimate of drug-likeness (QED) is 0.459. The minimum atomic E-state index is -4.97. The van der Waals surface area contributed by atoms with Crippen LogP contribution in [-0.4, -0.2) is 38.2 Å². The molecule has 0 radical (unpaired) electrons. The summed E-state index contributed by atoms with van der Waals surface area (Å²) >= 11 is 0. The van der Waals surface area contributed by atoms with Gasteiger partial charge in [-0.25, -0.2) is 13.2 Å².